The maximum atomic E-state index is 11.7. The lowest BCUT2D eigenvalue weighted by Gasteiger charge is -2.29. The van der Waals surface area contributed by atoms with E-state index in [2.05, 4.69) is 40.7 Å². The number of carbonyl (C=O) groups excluding carboxylic acids is 2. The molecule has 4 rings (SSSR count). The van der Waals surface area contributed by atoms with E-state index in [9.17, 15) is 9.59 Å². The predicted molar refractivity (Wildman–Crippen MR) is 149 cm³/mol. The SMILES string of the molecule is CCOC(=O)c1nnc(Cl)cc1Cl.CCc1cccc(Nc2cc(N[C@@H]3CCCC[C@@H]3N)nnc2C(N)=O)n1. The summed E-state index contributed by atoms with van der Waals surface area (Å²) in [5, 5.41) is 21.8. The topological polar surface area (TPSA) is 184 Å². The van der Waals surface area contributed by atoms with Crippen LogP contribution >= 0.6 is 23.2 Å². The van der Waals surface area contributed by atoms with Gasteiger partial charge < -0.3 is 26.8 Å². The Bertz CT molecular complexity index is 1300. The van der Waals surface area contributed by atoms with Crippen molar-refractivity contribution in [2.24, 2.45) is 11.5 Å². The number of primary amides is 1. The molecule has 2 atom stereocenters. The zero-order valence-electron chi connectivity index (χ0n) is 21.7. The highest BCUT2D eigenvalue weighted by Gasteiger charge is 2.23. The van der Waals surface area contributed by atoms with Gasteiger partial charge in [-0.25, -0.2) is 9.78 Å². The Morgan fingerprint density at radius 1 is 1.03 bits per heavy atom. The van der Waals surface area contributed by atoms with Crippen LogP contribution < -0.4 is 22.1 Å². The minimum Gasteiger partial charge on any atom is -0.461 e. The van der Waals surface area contributed by atoms with Gasteiger partial charge in [0.1, 0.15) is 5.82 Å². The van der Waals surface area contributed by atoms with Crippen LogP contribution in [-0.2, 0) is 11.2 Å². The number of amides is 1. The Hall–Kier alpha value is -3.61. The van der Waals surface area contributed by atoms with Crippen LogP contribution in [0.5, 0.6) is 0 Å². The fraction of sp³-hybridized carbons (Fsp3) is 0.400. The van der Waals surface area contributed by atoms with Gasteiger partial charge in [0.2, 0.25) is 0 Å². The summed E-state index contributed by atoms with van der Waals surface area (Å²) in [5.74, 6) is -0.0594. The van der Waals surface area contributed by atoms with Gasteiger partial charge >= 0.3 is 5.97 Å². The third-order valence-electron chi connectivity index (χ3n) is 5.80. The minimum atomic E-state index is -0.646. The average Bonchev–Trinajstić information content (AvgIpc) is 2.90. The Kier molecular flexibility index (Phi) is 11.1. The highest BCUT2D eigenvalue weighted by atomic mass is 35.5. The van der Waals surface area contributed by atoms with Crippen molar-refractivity contribution < 1.29 is 14.3 Å². The molecule has 1 amide bonds. The summed E-state index contributed by atoms with van der Waals surface area (Å²) in [6, 6.07) is 8.98. The highest BCUT2D eigenvalue weighted by Crippen LogP contribution is 2.24. The lowest BCUT2D eigenvalue weighted by atomic mass is 9.91. The summed E-state index contributed by atoms with van der Waals surface area (Å²) in [6.07, 6.45) is 5.08. The molecule has 0 spiro atoms. The minimum absolute atomic E-state index is 0.0204. The number of carbonyl (C=O) groups is 2. The van der Waals surface area contributed by atoms with Crippen molar-refractivity contribution in [3.63, 3.8) is 0 Å². The summed E-state index contributed by atoms with van der Waals surface area (Å²) in [4.78, 5) is 27.3. The number of esters is 1. The molecule has 0 aliphatic heterocycles. The van der Waals surface area contributed by atoms with E-state index in [1.54, 1.807) is 13.0 Å². The van der Waals surface area contributed by atoms with E-state index in [1.807, 2.05) is 25.1 Å². The molecule has 14 heteroatoms. The molecule has 6 N–H and O–H groups in total. The van der Waals surface area contributed by atoms with Crippen LogP contribution in [0.3, 0.4) is 0 Å². The van der Waals surface area contributed by atoms with E-state index in [4.69, 9.17) is 34.7 Å². The molecule has 208 valence electrons. The van der Waals surface area contributed by atoms with Crippen molar-refractivity contribution in [3.8, 4) is 0 Å². The third-order valence-corrected chi connectivity index (χ3v) is 6.27. The van der Waals surface area contributed by atoms with Crippen LogP contribution in [0, 0.1) is 0 Å². The molecule has 0 unspecified atom stereocenters. The van der Waals surface area contributed by atoms with Crippen molar-refractivity contribution in [2.75, 3.05) is 17.2 Å². The average molecular weight is 576 g/mol. The van der Waals surface area contributed by atoms with Crippen molar-refractivity contribution in [1.29, 1.82) is 0 Å². The number of nitrogens with one attached hydrogen (secondary N) is 2. The van der Waals surface area contributed by atoms with E-state index in [0.29, 0.717) is 17.3 Å². The van der Waals surface area contributed by atoms with Gasteiger partial charge in [0.25, 0.3) is 5.91 Å². The molecule has 3 heterocycles. The zero-order chi connectivity index (χ0) is 28.4. The summed E-state index contributed by atoms with van der Waals surface area (Å²) in [5.41, 5.74) is 13.1. The second kappa shape index (κ2) is 14.5. The molecule has 3 aromatic heterocycles. The zero-order valence-corrected chi connectivity index (χ0v) is 23.2. The normalized spacial score (nSPS) is 16.4. The molecule has 0 bridgehead atoms. The van der Waals surface area contributed by atoms with Crippen molar-refractivity contribution in [2.45, 2.75) is 58.0 Å². The number of anilines is 3. The number of hydrogen-bond acceptors (Lipinski definition) is 11. The van der Waals surface area contributed by atoms with Crippen molar-refractivity contribution in [1.82, 2.24) is 25.4 Å². The largest absolute Gasteiger partial charge is 0.461 e. The molecule has 12 nitrogen and oxygen atoms in total. The Labute approximate surface area is 236 Å². The summed E-state index contributed by atoms with van der Waals surface area (Å²) >= 11 is 11.2. The van der Waals surface area contributed by atoms with Crippen LogP contribution in [0.4, 0.5) is 17.3 Å². The van der Waals surface area contributed by atoms with Gasteiger partial charge in [0.05, 0.1) is 17.3 Å². The number of aryl methyl sites for hydroxylation is 1. The van der Waals surface area contributed by atoms with Crippen LogP contribution in [-0.4, -0.2) is 55.9 Å². The quantitative estimate of drug-likeness (QED) is 0.285. The number of nitrogens with two attached hydrogens (primary N) is 2. The molecular weight excluding hydrogens is 545 g/mol. The second-order valence-corrected chi connectivity index (χ2v) is 9.43. The number of halogens is 2. The van der Waals surface area contributed by atoms with Gasteiger partial charge in [0.15, 0.2) is 22.4 Å². The third kappa shape index (κ3) is 8.70. The van der Waals surface area contributed by atoms with Gasteiger partial charge in [0, 0.05) is 23.8 Å². The van der Waals surface area contributed by atoms with Crippen LogP contribution in [0.2, 0.25) is 10.2 Å². The number of nitrogens with zero attached hydrogens (tertiary/aromatic N) is 5. The van der Waals surface area contributed by atoms with Crippen molar-refractivity contribution in [3.05, 3.63) is 57.6 Å². The van der Waals surface area contributed by atoms with Gasteiger partial charge in [-0.3, -0.25) is 4.79 Å². The number of ether oxygens (including phenoxy) is 1. The standard InChI is InChI=1S/C18H25N7O.C7H6Cl2N2O2/c1-2-11-6-5-9-15(21-11)23-14-10-16(24-25-17(14)18(20)26)22-13-8-4-3-7-12(13)19;1-2-13-7(12)6-4(8)3-5(9)10-11-6/h5-6,9-10,12-13H,2-4,7-8,19H2,1H3,(H2,20,26)(H2,21,22,23,24);3H,2H2,1H3/t12-,13+;/m0./s1. The molecule has 1 aliphatic carbocycles. The van der Waals surface area contributed by atoms with E-state index < -0.39 is 11.9 Å². The highest BCUT2D eigenvalue weighted by molar-refractivity contribution is 6.35. The molecule has 1 saturated carbocycles. The predicted octanol–water partition coefficient (Wildman–Crippen LogP) is 3.92. The Morgan fingerprint density at radius 3 is 2.44 bits per heavy atom. The number of aromatic nitrogens is 5. The lowest BCUT2D eigenvalue weighted by Crippen LogP contribution is -2.42. The molecular formula is C25H31Cl2N9O3. The smallest absolute Gasteiger partial charge is 0.360 e. The Balaban J connectivity index is 0.000000272. The molecule has 1 fully saturated rings. The van der Waals surface area contributed by atoms with Crippen LogP contribution in [0.25, 0.3) is 0 Å². The second-order valence-electron chi connectivity index (χ2n) is 8.63. The maximum Gasteiger partial charge on any atom is 0.360 e. The number of hydrogen-bond donors (Lipinski definition) is 4. The molecule has 3 aromatic rings. The first kappa shape index (κ1) is 29.9. The van der Waals surface area contributed by atoms with Crippen LogP contribution in [0.15, 0.2) is 30.3 Å². The van der Waals surface area contributed by atoms with E-state index in [1.165, 1.54) is 6.07 Å². The van der Waals surface area contributed by atoms with Gasteiger partial charge in [-0.2, -0.15) is 0 Å². The number of pyridine rings is 1. The van der Waals surface area contributed by atoms with Gasteiger partial charge in [-0.05, 0) is 44.4 Å². The van der Waals surface area contributed by atoms with Gasteiger partial charge in [-0.1, -0.05) is 49.0 Å². The first-order valence-corrected chi connectivity index (χ1v) is 13.3. The molecule has 0 saturated heterocycles. The fourth-order valence-electron chi connectivity index (χ4n) is 3.84. The molecule has 1 aliphatic rings. The maximum absolute atomic E-state index is 11.7. The van der Waals surface area contributed by atoms with Crippen molar-refractivity contribution >= 4 is 52.4 Å². The number of rotatable bonds is 8. The van der Waals surface area contributed by atoms with Gasteiger partial charge in [-0.15, -0.1) is 20.4 Å². The molecule has 39 heavy (non-hydrogen) atoms. The summed E-state index contributed by atoms with van der Waals surface area (Å²) in [6.45, 7) is 3.99. The fourth-order valence-corrected chi connectivity index (χ4v) is 4.26. The first-order chi connectivity index (χ1) is 18.7. The van der Waals surface area contributed by atoms with E-state index >= 15 is 0 Å². The monoisotopic (exact) mass is 575 g/mol. The summed E-state index contributed by atoms with van der Waals surface area (Å²) in [7, 11) is 0. The van der Waals surface area contributed by atoms with Crippen LogP contribution in [0.1, 0.15) is 66.2 Å². The molecule has 0 aromatic carbocycles. The first-order valence-electron chi connectivity index (χ1n) is 12.5. The lowest BCUT2D eigenvalue weighted by molar-refractivity contribution is 0.0518. The van der Waals surface area contributed by atoms with E-state index in [0.717, 1.165) is 37.8 Å². The van der Waals surface area contributed by atoms with E-state index in [-0.39, 0.29) is 40.3 Å². The Morgan fingerprint density at radius 2 is 1.77 bits per heavy atom. The summed E-state index contributed by atoms with van der Waals surface area (Å²) < 4.78 is 4.68. The molecule has 0 radical (unpaired) electrons.